The van der Waals surface area contributed by atoms with Gasteiger partial charge in [-0.05, 0) is 30.6 Å². The summed E-state index contributed by atoms with van der Waals surface area (Å²) in [6.07, 6.45) is 4.16. The first-order chi connectivity index (χ1) is 6.81. The lowest BCUT2D eigenvalue weighted by molar-refractivity contribution is 0.326. The van der Waals surface area contributed by atoms with Crippen molar-refractivity contribution >= 4 is 11.8 Å². The molecule has 0 aliphatic carbocycles. The average molecular weight is 215 g/mol. The van der Waals surface area contributed by atoms with Gasteiger partial charge in [0.1, 0.15) is 0 Å². The molecule has 0 aromatic rings. The fourth-order valence-electron chi connectivity index (χ4n) is 2.37. The highest BCUT2D eigenvalue weighted by Gasteiger charge is 2.28. The highest BCUT2D eigenvalue weighted by Crippen LogP contribution is 2.31. The van der Waals surface area contributed by atoms with E-state index in [2.05, 4.69) is 37.8 Å². The minimum atomic E-state index is 0.797. The molecular formula is C12H25NS. The molecule has 1 heterocycles. The van der Waals surface area contributed by atoms with Crippen LogP contribution in [0.5, 0.6) is 0 Å². The van der Waals surface area contributed by atoms with Gasteiger partial charge in [0.2, 0.25) is 0 Å². The molecule has 84 valence electrons. The topological polar surface area (TPSA) is 12.0 Å². The van der Waals surface area contributed by atoms with E-state index >= 15 is 0 Å². The highest BCUT2D eigenvalue weighted by molar-refractivity contribution is 7.99. The highest BCUT2D eigenvalue weighted by atomic mass is 32.2. The van der Waals surface area contributed by atoms with Crippen molar-refractivity contribution < 1.29 is 0 Å². The minimum absolute atomic E-state index is 0.797. The van der Waals surface area contributed by atoms with E-state index in [1.807, 2.05) is 0 Å². The Balaban J connectivity index is 2.34. The van der Waals surface area contributed by atoms with E-state index in [1.165, 1.54) is 30.8 Å². The van der Waals surface area contributed by atoms with Crippen molar-refractivity contribution in [1.29, 1.82) is 0 Å². The number of nitrogens with one attached hydrogen (secondary N) is 1. The van der Waals surface area contributed by atoms with Crippen LogP contribution in [0.2, 0.25) is 0 Å². The lowest BCUT2D eigenvalue weighted by Gasteiger charge is -2.23. The fraction of sp³-hybridized carbons (Fsp3) is 1.00. The van der Waals surface area contributed by atoms with Crippen LogP contribution in [0, 0.1) is 11.8 Å². The minimum Gasteiger partial charge on any atom is -0.313 e. The Morgan fingerprint density at radius 3 is 2.50 bits per heavy atom. The number of rotatable bonds is 6. The summed E-state index contributed by atoms with van der Waals surface area (Å²) < 4.78 is 0. The van der Waals surface area contributed by atoms with Gasteiger partial charge < -0.3 is 5.32 Å². The van der Waals surface area contributed by atoms with Crippen LogP contribution in [0.15, 0.2) is 0 Å². The van der Waals surface area contributed by atoms with E-state index in [1.54, 1.807) is 0 Å². The summed E-state index contributed by atoms with van der Waals surface area (Å²) >= 11 is 2.13. The van der Waals surface area contributed by atoms with Crippen LogP contribution in [0.4, 0.5) is 0 Å². The fourth-order valence-corrected chi connectivity index (χ4v) is 3.82. The van der Waals surface area contributed by atoms with Crippen molar-refractivity contribution in [2.24, 2.45) is 11.8 Å². The molecule has 2 unspecified atom stereocenters. The van der Waals surface area contributed by atoms with Gasteiger partial charge in [-0.3, -0.25) is 0 Å². The van der Waals surface area contributed by atoms with Gasteiger partial charge in [0, 0.05) is 11.8 Å². The molecule has 0 amide bonds. The van der Waals surface area contributed by atoms with E-state index in [4.69, 9.17) is 0 Å². The molecular weight excluding hydrogens is 190 g/mol. The van der Waals surface area contributed by atoms with Gasteiger partial charge >= 0.3 is 0 Å². The Bertz CT molecular complexity index is 145. The predicted octanol–water partition coefficient (Wildman–Crippen LogP) is 3.15. The summed E-state index contributed by atoms with van der Waals surface area (Å²) in [4.78, 5) is 0. The van der Waals surface area contributed by atoms with Gasteiger partial charge in [0.05, 0.1) is 0 Å². The standard InChI is InChI=1S/C12H25NS/c1-4-10(5-2)7-11-8-14-9-12(11)13-6-3/h10-13H,4-9H2,1-3H3. The molecule has 2 heteroatoms. The zero-order valence-corrected chi connectivity index (χ0v) is 10.7. The van der Waals surface area contributed by atoms with Crippen molar-refractivity contribution in [3.8, 4) is 0 Å². The van der Waals surface area contributed by atoms with E-state index in [-0.39, 0.29) is 0 Å². The van der Waals surface area contributed by atoms with E-state index in [0.717, 1.165) is 24.4 Å². The molecule has 1 aliphatic rings. The second kappa shape index (κ2) is 6.73. The molecule has 1 nitrogen and oxygen atoms in total. The number of hydrogen-bond donors (Lipinski definition) is 1. The van der Waals surface area contributed by atoms with Crippen LogP contribution in [0.25, 0.3) is 0 Å². The van der Waals surface area contributed by atoms with Crippen molar-refractivity contribution in [2.75, 3.05) is 18.1 Å². The van der Waals surface area contributed by atoms with Gasteiger partial charge in [-0.15, -0.1) is 0 Å². The Labute approximate surface area is 93.4 Å². The molecule has 0 spiro atoms. The zero-order chi connectivity index (χ0) is 10.4. The molecule has 1 saturated heterocycles. The molecule has 0 radical (unpaired) electrons. The van der Waals surface area contributed by atoms with Crippen LogP contribution < -0.4 is 5.32 Å². The molecule has 0 saturated carbocycles. The van der Waals surface area contributed by atoms with Crippen molar-refractivity contribution in [1.82, 2.24) is 5.32 Å². The Morgan fingerprint density at radius 2 is 1.93 bits per heavy atom. The maximum atomic E-state index is 3.63. The maximum Gasteiger partial charge on any atom is 0.0194 e. The van der Waals surface area contributed by atoms with Crippen molar-refractivity contribution in [3.05, 3.63) is 0 Å². The Kier molecular flexibility index (Phi) is 5.95. The third-order valence-corrected chi connectivity index (χ3v) is 4.71. The van der Waals surface area contributed by atoms with E-state index in [0.29, 0.717) is 0 Å². The normalized spacial score (nSPS) is 27.4. The van der Waals surface area contributed by atoms with Gasteiger partial charge in [-0.1, -0.05) is 33.6 Å². The summed E-state index contributed by atoms with van der Waals surface area (Å²) in [5.74, 6) is 4.61. The Hall–Kier alpha value is 0.310. The lowest BCUT2D eigenvalue weighted by atomic mass is 9.88. The number of thioether (sulfide) groups is 1. The van der Waals surface area contributed by atoms with Crippen LogP contribution >= 0.6 is 11.8 Å². The first kappa shape index (κ1) is 12.4. The molecule has 0 bridgehead atoms. The first-order valence-corrected chi connectivity index (χ1v) is 7.28. The van der Waals surface area contributed by atoms with Crippen molar-refractivity contribution in [2.45, 2.75) is 46.1 Å². The molecule has 0 aromatic heterocycles. The molecule has 2 atom stereocenters. The molecule has 1 N–H and O–H groups in total. The summed E-state index contributed by atoms with van der Waals surface area (Å²) in [5.41, 5.74) is 0. The monoisotopic (exact) mass is 215 g/mol. The number of hydrogen-bond acceptors (Lipinski definition) is 2. The molecule has 0 aromatic carbocycles. The van der Waals surface area contributed by atoms with Gasteiger partial charge in [0.25, 0.3) is 0 Å². The maximum absolute atomic E-state index is 3.63. The molecule has 1 rings (SSSR count). The van der Waals surface area contributed by atoms with Crippen LogP contribution in [0.1, 0.15) is 40.0 Å². The summed E-state index contributed by atoms with van der Waals surface area (Å²) in [5, 5.41) is 3.63. The lowest BCUT2D eigenvalue weighted by Crippen LogP contribution is -2.36. The second-order valence-corrected chi connectivity index (χ2v) is 5.45. The van der Waals surface area contributed by atoms with Crippen LogP contribution in [0.3, 0.4) is 0 Å². The molecule has 1 aliphatic heterocycles. The van der Waals surface area contributed by atoms with Crippen molar-refractivity contribution in [3.63, 3.8) is 0 Å². The average Bonchev–Trinajstić information content (AvgIpc) is 2.62. The Morgan fingerprint density at radius 1 is 1.21 bits per heavy atom. The first-order valence-electron chi connectivity index (χ1n) is 6.12. The zero-order valence-electron chi connectivity index (χ0n) is 9.88. The SMILES string of the molecule is CCNC1CSCC1CC(CC)CC. The largest absolute Gasteiger partial charge is 0.313 e. The van der Waals surface area contributed by atoms with Crippen LogP contribution in [-0.4, -0.2) is 24.1 Å². The molecule has 14 heavy (non-hydrogen) atoms. The van der Waals surface area contributed by atoms with Gasteiger partial charge in [-0.25, -0.2) is 0 Å². The smallest absolute Gasteiger partial charge is 0.0194 e. The second-order valence-electron chi connectivity index (χ2n) is 4.38. The van der Waals surface area contributed by atoms with Gasteiger partial charge in [-0.2, -0.15) is 11.8 Å². The predicted molar refractivity (Wildman–Crippen MR) is 67.0 cm³/mol. The van der Waals surface area contributed by atoms with Crippen LogP contribution in [-0.2, 0) is 0 Å². The van der Waals surface area contributed by atoms with E-state index < -0.39 is 0 Å². The molecule has 1 fully saturated rings. The van der Waals surface area contributed by atoms with Gasteiger partial charge in [0.15, 0.2) is 0 Å². The third kappa shape index (κ3) is 3.47. The summed E-state index contributed by atoms with van der Waals surface area (Å²) in [6.45, 7) is 8.01. The summed E-state index contributed by atoms with van der Waals surface area (Å²) in [7, 11) is 0. The third-order valence-electron chi connectivity index (χ3n) is 3.46. The van der Waals surface area contributed by atoms with E-state index in [9.17, 15) is 0 Å². The quantitative estimate of drug-likeness (QED) is 0.730. The summed E-state index contributed by atoms with van der Waals surface area (Å²) in [6, 6.07) is 0.797.